The van der Waals surface area contributed by atoms with E-state index >= 15 is 0 Å². The van der Waals surface area contributed by atoms with Gasteiger partial charge in [0.1, 0.15) is 12.4 Å². The van der Waals surface area contributed by atoms with Crippen LogP contribution in [0.5, 0.6) is 5.75 Å². The molecular formula is C16H19Cl2NO. The number of hydrogen-bond donors (Lipinski definition) is 1. The smallest absolute Gasteiger partial charge is 0.119 e. The van der Waals surface area contributed by atoms with Crippen molar-refractivity contribution in [1.29, 1.82) is 0 Å². The number of nitrogens with one attached hydrogen (secondary N) is 1. The predicted octanol–water partition coefficient (Wildman–Crippen LogP) is 4.45. The van der Waals surface area contributed by atoms with Gasteiger partial charge < -0.3 is 10.1 Å². The Bertz CT molecular complexity index is 497. The topological polar surface area (TPSA) is 21.3 Å². The van der Waals surface area contributed by atoms with Gasteiger partial charge in [0.05, 0.1) is 0 Å². The molecule has 2 aromatic rings. The van der Waals surface area contributed by atoms with Gasteiger partial charge in [0.2, 0.25) is 0 Å². The van der Waals surface area contributed by atoms with Crippen LogP contribution in [0.15, 0.2) is 48.5 Å². The van der Waals surface area contributed by atoms with E-state index in [4.69, 9.17) is 16.3 Å². The standard InChI is InChI=1S/C16H18ClNO.ClH/c1-2-18-11-13-5-9-16(10-6-13)19-12-14-3-7-15(17)8-4-14;/h3-10,18H,2,11-12H2,1H3;1H. The summed E-state index contributed by atoms with van der Waals surface area (Å²) < 4.78 is 5.73. The van der Waals surface area contributed by atoms with Crippen LogP contribution in [-0.4, -0.2) is 6.54 Å². The van der Waals surface area contributed by atoms with Crippen molar-refractivity contribution in [2.24, 2.45) is 0 Å². The molecule has 2 rings (SSSR count). The molecular weight excluding hydrogens is 293 g/mol. The van der Waals surface area contributed by atoms with Crippen LogP contribution < -0.4 is 10.1 Å². The lowest BCUT2D eigenvalue weighted by Gasteiger charge is -2.08. The van der Waals surface area contributed by atoms with Gasteiger partial charge in [0.25, 0.3) is 0 Å². The summed E-state index contributed by atoms with van der Waals surface area (Å²) in [5.41, 5.74) is 2.38. The summed E-state index contributed by atoms with van der Waals surface area (Å²) in [5, 5.41) is 4.04. The van der Waals surface area contributed by atoms with Crippen LogP contribution in [0.3, 0.4) is 0 Å². The minimum Gasteiger partial charge on any atom is -0.489 e. The molecule has 108 valence electrons. The molecule has 20 heavy (non-hydrogen) atoms. The third kappa shape index (κ3) is 5.41. The predicted molar refractivity (Wildman–Crippen MR) is 86.9 cm³/mol. The number of benzene rings is 2. The normalized spacial score (nSPS) is 9.90. The van der Waals surface area contributed by atoms with Crippen LogP contribution >= 0.6 is 24.0 Å². The summed E-state index contributed by atoms with van der Waals surface area (Å²) in [7, 11) is 0. The van der Waals surface area contributed by atoms with Gasteiger partial charge in [0.15, 0.2) is 0 Å². The van der Waals surface area contributed by atoms with Gasteiger partial charge in [0, 0.05) is 11.6 Å². The second-order valence-corrected chi connectivity index (χ2v) is 4.78. The SMILES string of the molecule is CCNCc1ccc(OCc2ccc(Cl)cc2)cc1.Cl. The molecule has 0 saturated carbocycles. The fourth-order valence-corrected chi connectivity index (χ4v) is 1.85. The fraction of sp³-hybridized carbons (Fsp3) is 0.250. The molecule has 4 heteroatoms. The lowest BCUT2D eigenvalue weighted by Crippen LogP contribution is -2.11. The Balaban J connectivity index is 0.00000200. The summed E-state index contributed by atoms with van der Waals surface area (Å²) in [6.07, 6.45) is 0. The summed E-state index contributed by atoms with van der Waals surface area (Å²) in [4.78, 5) is 0. The van der Waals surface area contributed by atoms with Crippen molar-refractivity contribution in [2.75, 3.05) is 6.54 Å². The van der Waals surface area contributed by atoms with Gasteiger partial charge in [-0.1, -0.05) is 42.8 Å². The minimum atomic E-state index is 0. The summed E-state index contributed by atoms with van der Waals surface area (Å²) in [5.74, 6) is 0.884. The first-order valence-corrected chi connectivity index (χ1v) is 6.82. The lowest BCUT2D eigenvalue weighted by atomic mass is 10.2. The number of halogens is 2. The molecule has 0 saturated heterocycles. The molecule has 0 heterocycles. The van der Waals surface area contributed by atoms with Gasteiger partial charge in [-0.2, -0.15) is 0 Å². The average Bonchev–Trinajstić information content (AvgIpc) is 2.46. The number of ether oxygens (including phenoxy) is 1. The van der Waals surface area contributed by atoms with Crippen molar-refractivity contribution in [3.63, 3.8) is 0 Å². The monoisotopic (exact) mass is 311 g/mol. The molecule has 0 atom stereocenters. The summed E-state index contributed by atoms with van der Waals surface area (Å²) in [6, 6.07) is 15.9. The first kappa shape index (κ1) is 16.8. The molecule has 0 aromatic heterocycles. The molecule has 0 spiro atoms. The highest BCUT2D eigenvalue weighted by molar-refractivity contribution is 6.30. The van der Waals surface area contributed by atoms with E-state index in [0.29, 0.717) is 6.61 Å². The highest BCUT2D eigenvalue weighted by Crippen LogP contribution is 2.15. The van der Waals surface area contributed by atoms with Crippen molar-refractivity contribution >= 4 is 24.0 Å². The van der Waals surface area contributed by atoms with Gasteiger partial charge in [-0.3, -0.25) is 0 Å². The zero-order valence-corrected chi connectivity index (χ0v) is 13.0. The van der Waals surface area contributed by atoms with Crippen LogP contribution in [0.25, 0.3) is 0 Å². The van der Waals surface area contributed by atoms with Crippen LogP contribution in [0, 0.1) is 0 Å². The zero-order chi connectivity index (χ0) is 13.5. The minimum absolute atomic E-state index is 0. The Morgan fingerprint density at radius 1 is 0.950 bits per heavy atom. The average molecular weight is 312 g/mol. The highest BCUT2D eigenvalue weighted by atomic mass is 35.5. The van der Waals surface area contributed by atoms with Crippen molar-refractivity contribution in [3.05, 3.63) is 64.7 Å². The molecule has 0 aliphatic carbocycles. The molecule has 0 amide bonds. The highest BCUT2D eigenvalue weighted by Gasteiger charge is 1.97. The largest absolute Gasteiger partial charge is 0.489 e. The first-order chi connectivity index (χ1) is 9.28. The van der Waals surface area contributed by atoms with E-state index in [1.165, 1.54) is 5.56 Å². The van der Waals surface area contributed by atoms with E-state index < -0.39 is 0 Å². The van der Waals surface area contributed by atoms with Crippen molar-refractivity contribution in [1.82, 2.24) is 5.32 Å². The van der Waals surface area contributed by atoms with Crippen molar-refractivity contribution < 1.29 is 4.74 Å². The molecule has 0 aliphatic heterocycles. The van der Waals surface area contributed by atoms with Crippen LogP contribution in [-0.2, 0) is 13.2 Å². The van der Waals surface area contributed by atoms with Crippen molar-refractivity contribution in [2.45, 2.75) is 20.1 Å². The first-order valence-electron chi connectivity index (χ1n) is 6.45. The Morgan fingerprint density at radius 2 is 1.55 bits per heavy atom. The fourth-order valence-electron chi connectivity index (χ4n) is 1.72. The zero-order valence-electron chi connectivity index (χ0n) is 11.4. The third-order valence-corrected chi connectivity index (χ3v) is 3.07. The van der Waals surface area contributed by atoms with E-state index in [1.54, 1.807) is 0 Å². The molecule has 0 bridgehead atoms. The summed E-state index contributed by atoms with van der Waals surface area (Å²) in [6.45, 7) is 4.54. The van der Waals surface area contributed by atoms with Gasteiger partial charge in [-0.15, -0.1) is 12.4 Å². The van der Waals surface area contributed by atoms with E-state index in [0.717, 1.165) is 29.4 Å². The molecule has 0 aliphatic rings. The van der Waals surface area contributed by atoms with Crippen LogP contribution in [0.2, 0.25) is 5.02 Å². The van der Waals surface area contributed by atoms with Crippen LogP contribution in [0.4, 0.5) is 0 Å². The maximum Gasteiger partial charge on any atom is 0.119 e. The Hall–Kier alpha value is -1.22. The van der Waals surface area contributed by atoms with Gasteiger partial charge in [-0.05, 0) is 41.9 Å². The van der Waals surface area contributed by atoms with E-state index in [1.807, 2.05) is 36.4 Å². The van der Waals surface area contributed by atoms with Crippen molar-refractivity contribution in [3.8, 4) is 5.75 Å². The second-order valence-electron chi connectivity index (χ2n) is 4.34. The quantitative estimate of drug-likeness (QED) is 0.851. The number of hydrogen-bond acceptors (Lipinski definition) is 2. The van der Waals surface area contributed by atoms with Crippen LogP contribution in [0.1, 0.15) is 18.1 Å². The molecule has 0 unspecified atom stereocenters. The second kappa shape index (κ2) is 8.85. The van der Waals surface area contributed by atoms with Gasteiger partial charge >= 0.3 is 0 Å². The Kier molecular flexibility index (Phi) is 7.45. The number of rotatable bonds is 6. The lowest BCUT2D eigenvalue weighted by molar-refractivity contribution is 0.306. The van der Waals surface area contributed by atoms with Gasteiger partial charge in [-0.25, -0.2) is 0 Å². The summed E-state index contributed by atoms with van der Waals surface area (Å²) >= 11 is 5.84. The molecule has 1 N–H and O–H groups in total. The van der Waals surface area contributed by atoms with E-state index in [-0.39, 0.29) is 12.4 Å². The molecule has 0 radical (unpaired) electrons. The molecule has 2 nitrogen and oxygen atoms in total. The third-order valence-electron chi connectivity index (χ3n) is 2.82. The maximum atomic E-state index is 5.84. The molecule has 2 aromatic carbocycles. The van der Waals surface area contributed by atoms with E-state index in [2.05, 4.69) is 24.4 Å². The van der Waals surface area contributed by atoms with E-state index in [9.17, 15) is 0 Å². The Morgan fingerprint density at radius 3 is 2.15 bits per heavy atom. The molecule has 0 fully saturated rings. The Labute approximate surface area is 131 Å². The maximum absolute atomic E-state index is 5.84.